The average molecular weight is 893 g/mol. The maximum absolute atomic E-state index is 13.7. The summed E-state index contributed by atoms with van der Waals surface area (Å²) in [5.74, 6) is 1.71. The van der Waals surface area contributed by atoms with Crippen LogP contribution in [0.4, 0.5) is 9.59 Å². The van der Waals surface area contributed by atoms with E-state index in [1.165, 1.54) is 47.6 Å². The van der Waals surface area contributed by atoms with Gasteiger partial charge in [-0.05, 0) is 94.9 Å². The minimum atomic E-state index is -0.687. The number of aromatic nitrogens is 4. The van der Waals surface area contributed by atoms with Crippen LogP contribution < -0.4 is 10.6 Å². The Bertz CT molecular complexity index is 2450. The number of hydrogen-bond acceptors (Lipinski definition) is 8. The average Bonchev–Trinajstić information content (AvgIpc) is 4.20. The number of H-pyrrole nitrogens is 2. The number of fused-ring (bicyclic) bond motifs is 1. The summed E-state index contributed by atoms with van der Waals surface area (Å²) < 4.78 is 9.60. The van der Waals surface area contributed by atoms with Gasteiger partial charge in [-0.1, -0.05) is 101 Å². The molecule has 344 valence electrons. The summed E-state index contributed by atoms with van der Waals surface area (Å²) in [7, 11) is 2.60. The number of hydrogen-bond donors (Lipinski definition) is 4. The zero-order valence-electron chi connectivity index (χ0n) is 38.6. The van der Waals surface area contributed by atoms with Gasteiger partial charge in [-0.2, -0.15) is 0 Å². The number of ether oxygens (including phenoxy) is 2. The summed E-state index contributed by atoms with van der Waals surface area (Å²) >= 11 is 0. The van der Waals surface area contributed by atoms with E-state index in [9.17, 15) is 19.2 Å². The van der Waals surface area contributed by atoms with Crippen LogP contribution in [0, 0.1) is 11.8 Å². The van der Waals surface area contributed by atoms with Gasteiger partial charge in [-0.15, -0.1) is 0 Å². The largest absolute Gasteiger partial charge is 0.453 e. The van der Waals surface area contributed by atoms with Gasteiger partial charge in [-0.3, -0.25) is 9.59 Å². The van der Waals surface area contributed by atoms with Gasteiger partial charge in [0.1, 0.15) is 23.7 Å². The van der Waals surface area contributed by atoms with Gasteiger partial charge in [0.25, 0.3) is 0 Å². The van der Waals surface area contributed by atoms with Crippen LogP contribution in [0.1, 0.15) is 113 Å². The van der Waals surface area contributed by atoms with Crippen LogP contribution in [-0.2, 0) is 19.1 Å². The van der Waals surface area contributed by atoms with Crippen LogP contribution in [0.2, 0.25) is 0 Å². The molecule has 6 atom stereocenters. The van der Waals surface area contributed by atoms with E-state index in [1.54, 1.807) is 0 Å². The minimum Gasteiger partial charge on any atom is -0.453 e. The lowest BCUT2D eigenvalue weighted by Crippen LogP contribution is -2.51. The summed E-state index contributed by atoms with van der Waals surface area (Å²) in [6, 6.07) is 20.1. The first-order chi connectivity index (χ1) is 31.9. The molecule has 2 bridgehead atoms. The van der Waals surface area contributed by atoms with E-state index < -0.39 is 24.3 Å². The van der Waals surface area contributed by atoms with Crippen LogP contribution in [0.15, 0.2) is 85.2 Å². The lowest BCUT2D eigenvalue weighted by molar-refractivity contribution is -0.136. The molecule has 66 heavy (non-hydrogen) atoms. The van der Waals surface area contributed by atoms with Gasteiger partial charge in [0.2, 0.25) is 11.8 Å². The highest BCUT2D eigenvalue weighted by molar-refractivity contribution is 5.87. The topological polar surface area (TPSA) is 175 Å². The summed E-state index contributed by atoms with van der Waals surface area (Å²) in [5.41, 5.74) is 11.5. The van der Waals surface area contributed by atoms with E-state index in [0.717, 1.165) is 72.7 Å². The van der Waals surface area contributed by atoms with Crippen molar-refractivity contribution >= 4 is 24.0 Å². The number of allylic oxidation sites excluding steroid dienone is 2. The number of likely N-dealkylation sites (tertiary alicyclic amines) is 2. The van der Waals surface area contributed by atoms with E-state index in [0.29, 0.717) is 24.9 Å². The standard InChI is InChI=1S/C52H60N8O6/c1-29(2)45(57-51(63)65-5)49(61)59-25-7-9-41(59)47-53-27-39(55-47)33-15-11-31(12-16-33)37-23-24-38(44-36-21-19-35(20-22-36)43(37)44)32-13-17-34(18-14-32)40-28-54-48(56-40)42-10-8-26-60(42)50(62)46(30(3)4)58-52(64)66-6/h11-19,21,23-24,27-30,35-36,41-42,45-46H,7-10,20,22,25-26H2,1-6H3,(H,53,55)(H,54,56)(H,57,63)(H,58,64). The molecule has 3 aromatic carbocycles. The number of benzene rings is 3. The second-order valence-electron chi connectivity index (χ2n) is 18.8. The molecule has 0 radical (unpaired) electrons. The van der Waals surface area contributed by atoms with E-state index >= 15 is 0 Å². The van der Waals surface area contributed by atoms with Gasteiger partial charge in [0, 0.05) is 24.9 Å². The normalized spacial score (nSPS) is 20.7. The summed E-state index contributed by atoms with van der Waals surface area (Å²) in [6.07, 6.45) is 12.8. The van der Waals surface area contributed by atoms with Crippen LogP contribution in [-0.4, -0.2) is 93.1 Å². The Kier molecular flexibility index (Phi) is 12.6. The molecule has 4 N–H and O–H groups in total. The number of nitrogens with one attached hydrogen (secondary N) is 4. The Balaban J connectivity index is 0.924. The Labute approximate surface area is 386 Å². The number of methoxy groups -OCH3 is 2. The molecule has 5 aliphatic rings. The molecule has 14 heteroatoms. The third-order valence-electron chi connectivity index (χ3n) is 14.1. The van der Waals surface area contributed by atoms with Crippen LogP contribution in [0.3, 0.4) is 0 Å². The van der Waals surface area contributed by atoms with Crippen LogP contribution >= 0.6 is 0 Å². The van der Waals surface area contributed by atoms with Gasteiger partial charge >= 0.3 is 12.2 Å². The van der Waals surface area contributed by atoms with Crippen molar-refractivity contribution in [1.82, 2.24) is 40.4 Å². The van der Waals surface area contributed by atoms with E-state index in [4.69, 9.17) is 19.4 Å². The zero-order chi connectivity index (χ0) is 46.2. The molecule has 2 saturated heterocycles. The summed E-state index contributed by atoms with van der Waals surface area (Å²) in [4.78, 5) is 71.7. The summed E-state index contributed by atoms with van der Waals surface area (Å²) in [5, 5.41) is 5.45. The first-order valence-corrected chi connectivity index (χ1v) is 23.4. The highest BCUT2D eigenvalue weighted by atomic mass is 16.5. The lowest BCUT2D eigenvalue weighted by Gasteiger charge is -2.37. The van der Waals surface area contributed by atoms with Crippen molar-refractivity contribution in [2.75, 3.05) is 27.3 Å². The Morgan fingerprint density at radius 2 is 0.955 bits per heavy atom. The number of alkyl carbamates (subject to hydrolysis) is 2. The third kappa shape index (κ3) is 8.49. The number of rotatable bonds is 12. The van der Waals surface area contributed by atoms with Gasteiger partial charge in [0.15, 0.2) is 0 Å². The first kappa shape index (κ1) is 44.5. The zero-order valence-corrected chi connectivity index (χ0v) is 38.6. The number of amides is 4. The molecule has 2 aliphatic heterocycles. The van der Waals surface area contributed by atoms with Crippen LogP contribution in [0.25, 0.3) is 44.8 Å². The molecule has 2 fully saturated rings. The SMILES string of the molecule is COC(=O)NC(C(=O)N1CCCC1c1ncc(-c2ccc(-c3ccc(-c4ccc(-c5cnc(C6CCCN6C(=O)C(NC(=O)OC)C(C)C)[nH]5)cc4)c4c3C3C=CC4CC3)cc2)[nH]1)C(C)C. The van der Waals surface area contributed by atoms with Gasteiger partial charge < -0.3 is 39.9 Å². The molecule has 0 spiro atoms. The van der Waals surface area contributed by atoms with Crippen molar-refractivity contribution in [3.05, 3.63) is 108 Å². The van der Waals surface area contributed by atoms with Crippen LogP contribution in [0.5, 0.6) is 0 Å². The first-order valence-electron chi connectivity index (χ1n) is 23.4. The van der Waals surface area contributed by atoms with E-state index in [1.807, 2.05) is 49.9 Å². The fourth-order valence-electron chi connectivity index (χ4n) is 10.6. The molecule has 4 amide bonds. The van der Waals surface area contributed by atoms with Gasteiger partial charge in [0.05, 0.1) is 50.1 Å². The maximum Gasteiger partial charge on any atom is 0.407 e. The number of carbonyl (C=O) groups excluding carboxylic acids is 4. The molecule has 3 aliphatic carbocycles. The number of imidazole rings is 2. The van der Waals surface area contributed by atoms with Crippen molar-refractivity contribution in [2.45, 2.75) is 102 Å². The maximum atomic E-state index is 13.7. The quantitative estimate of drug-likeness (QED) is 0.0897. The molecule has 10 rings (SSSR count). The number of carbonyl (C=O) groups is 4. The van der Waals surface area contributed by atoms with Crippen molar-refractivity contribution in [1.29, 1.82) is 0 Å². The second-order valence-corrected chi connectivity index (χ2v) is 18.8. The molecular formula is C52H60N8O6. The second kappa shape index (κ2) is 18.7. The summed E-state index contributed by atoms with van der Waals surface area (Å²) in [6.45, 7) is 8.86. The molecule has 0 saturated carbocycles. The monoisotopic (exact) mass is 892 g/mol. The Morgan fingerprint density at radius 1 is 0.576 bits per heavy atom. The number of nitrogens with zero attached hydrogens (tertiary/aromatic N) is 4. The smallest absolute Gasteiger partial charge is 0.407 e. The van der Waals surface area contributed by atoms with Crippen molar-refractivity contribution < 1.29 is 28.7 Å². The molecule has 2 aromatic heterocycles. The van der Waals surface area contributed by atoms with Crippen molar-refractivity contribution in [3.63, 3.8) is 0 Å². The Hall–Kier alpha value is -6.70. The molecule has 14 nitrogen and oxygen atoms in total. The van der Waals surface area contributed by atoms with Gasteiger partial charge in [-0.25, -0.2) is 19.6 Å². The van der Waals surface area contributed by atoms with Crippen molar-refractivity contribution in [2.24, 2.45) is 11.8 Å². The predicted molar refractivity (Wildman–Crippen MR) is 252 cm³/mol. The lowest BCUT2D eigenvalue weighted by atomic mass is 9.67. The van der Waals surface area contributed by atoms with E-state index in [2.05, 4.69) is 93.4 Å². The predicted octanol–water partition coefficient (Wildman–Crippen LogP) is 9.42. The molecule has 4 heterocycles. The highest BCUT2D eigenvalue weighted by Crippen LogP contribution is 2.52. The fourth-order valence-corrected chi connectivity index (χ4v) is 10.6. The van der Waals surface area contributed by atoms with E-state index in [-0.39, 0.29) is 35.7 Å². The minimum absolute atomic E-state index is 0.105. The van der Waals surface area contributed by atoms with Crippen molar-refractivity contribution in [3.8, 4) is 44.8 Å². The third-order valence-corrected chi connectivity index (χ3v) is 14.1. The Morgan fingerprint density at radius 3 is 1.30 bits per heavy atom. The highest BCUT2D eigenvalue weighted by Gasteiger charge is 2.39. The molecule has 5 aromatic rings. The fraction of sp³-hybridized carbons (Fsp3) is 0.423. The number of aromatic amines is 2. The molecular weight excluding hydrogens is 833 g/mol. The molecule has 6 unspecified atom stereocenters.